The maximum absolute atomic E-state index is 10.7. The first-order chi connectivity index (χ1) is 10.2. The molecular weight excluding hydrogens is 328 g/mol. The Hall–Kier alpha value is -1.91. The summed E-state index contributed by atoms with van der Waals surface area (Å²) in [6.07, 6.45) is 0.997. The molecule has 0 aliphatic heterocycles. The van der Waals surface area contributed by atoms with E-state index in [-0.39, 0.29) is 0 Å². The van der Waals surface area contributed by atoms with Crippen LogP contribution in [-0.2, 0) is 0 Å². The van der Waals surface area contributed by atoms with Gasteiger partial charge < -0.3 is 5.11 Å². The van der Waals surface area contributed by atoms with Gasteiger partial charge in [0.1, 0.15) is 6.10 Å². The quantitative estimate of drug-likeness (QED) is 0.780. The Labute approximate surface area is 132 Å². The molecule has 1 heterocycles. The fourth-order valence-corrected chi connectivity index (χ4v) is 2.56. The number of halogens is 1. The standard InChI is InChI=1S/C17H15BrN2O/c1-12-11-13(7-8-15(12)18)17(21)16-9-10-19-20(16)14-5-3-2-4-6-14/h2-11,17,21H,1H3. The maximum atomic E-state index is 10.7. The minimum Gasteiger partial charge on any atom is -0.382 e. The van der Waals surface area contributed by atoms with Crippen LogP contribution in [-0.4, -0.2) is 14.9 Å². The Morgan fingerprint density at radius 1 is 1.10 bits per heavy atom. The van der Waals surface area contributed by atoms with Crippen LogP contribution in [0.1, 0.15) is 22.9 Å². The maximum Gasteiger partial charge on any atom is 0.121 e. The van der Waals surface area contributed by atoms with E-state index < -0.39 is 6.10 Å². The number of aliphatic hydroxyl groups excluding tert-OH is 1. The van der Waals surface area contributed by atoms with Crippen molar-refractivity contribution >= 4 is 15.9 Å². The minimum atomic E-state index is -0.709. The van der Waals surface area contributed by atoms with Crippen LogP contribution >= 0.6 is 15.9 Å². The van der Waals surface area contributed by atoms with Gasteiger partial charge in [0.05, 0.1) is 11.4 Å². The first kappa shape index (κ1) is 14.0. The van der Waals surface area contributed by atoms with Gasteiger partial charge in [-0.15, -0.1) is 0 Å². The van der Waals surface area contributed by atoms with E-state index in [1.807, 2.05) is 61.5 Å². The second-order valence-electron chi connectivity index (χ2n) is 4.91. The molecule has 0 saturated carbocycles. The highest BCUT2D eigenvalue weighted by atomic mass is 79.9. The van der Waals surface area contributed by atoms with Gasteiger partial charge in [0.15, 0.2) is 0 Å². The SMILES string of the molecule is Cc1cc(C(O)c2ccnn2-c2ccccc2)ccc1Br. The van der Waals surface area contributed by atoms with Crippen LogP contribution < -0.4 is 0 Å². The summed E-state index contributed by atoms with van der Waals surface area (Å²) in [5.41, 5.74) is 3.64. The van der Waals surface area contributed by atoms with Gasteiger partial charge in [-0.05, 0) is 42.3 Å². The van der Waals surface area contributed by atoms with Crippen molar-refractivity contribution in [1.82, 2.24) is 9.78 Å². The van der Waals surface area contributed by atoms with Crippen molar-refractivity contribution < 1.29 is 5.11 Å². The lowest BCUT2D eigenvalue weighted by molar-refractivity contribution is 0.212. The first-order valence-corrected chi connectivity index (χ1v) is 7.49. The molecule has 0 radical (unpaired) electrons. The van der Waals surface area contributed by atoms with Crippen molar-refractivity contribution in [3.05, 3.63) is 82.1 Å². The van der Waals surface area contributed by atoms with E-state index in [0.29, 0.717) is 0 Å². The molecule has 0 bridgehead atoms. The molecule has 21 heavy (non-hydrogen) atoms. The average molecular weight is 343 g/mol. The van der Waals surface area contributed by atoms with Gasteiger partial charge in [-0.3, -0.25) is 0 Å². The van der Waals surface area contributed by atoms with Crippen molar-refractivity contribution in [2.24, 2.45) is 0 Å². The van der Waals surface area contributed by atoms with Gasteiger partial charge in [0.25, 0.3) is 0 Å². The van der Waals surface area contributed by atoms with E-state index in [1.165, 1.54) is 0 Å². The third kappa shape index (κ3) is 2.77. The Bertz CT molecular complexity index is 752. The van der Waals surface area contributed by atoms with Crippen LogP contribution in [0.25, 0.3) is 5.69 Å². The molecular formula is C17H15BrN2O. The van der Waals surface area contributed by atoms with Crippen molar-refractivity contribution in [3.8, 4) is 5.69 Å². The second kappa shape index (κ2) is 5.84. The number of hydrogen-bond acceptors (Lipinski definition) is 2. The molecule has 4 heteroatoms. The van der Waals surface area contributed by atoms with Gasteiger partial charge in [0.2, 0.25) is 0 Å². The zero-order chi connectivity index (χ0) is 14.8. The van der Waals surface area contributed by atoms with Crippen LogP contribution in [0.15, 0.2) is 65.3 Å². The zero-order valence-electron chi connectivity index (χ0n) is 11.6. The highest BCUT2D eigenvalue weighted by Crippen LogP contribution is 2.27. The number of para-hydroxylation sites is 1. The lowest BCUT2D eigenvalue weighted by Crippen LogP contribution is -2.08. The number of benzene rings is 2. The van der Waals surface area contributed by atoms with Gasteiger partial charge in [-0.25, -0.2) is 4.68 Å². The molecule has 1 N–H and O–H groups in total. The summed E-state index contributed by atoms with van der Waals surface area (Å²) in [6.45, 7) is 2.01. The number of aromatic nitrogens is 2. The number of rotatable bonds is 3. The van der Waals surface area contributed by atoms with Gasteiger partial charge in [-0.1, -0.05) is 46.3 Å². The molecule has 0 saturated heterocycles. The average Bonchev–Trinajstić information content (AvgIpc) is 2.99. The Morgan fingerprint density at radius 3 is 2.57 bits per heavy atom. The van der Waals surface area contributed by atoms with E-state index in [9.17, 15) is 5.11 Å². The fourth-order valence-electron chi connectivity index (χ4n) is 2.31. The van der Waals surface area contributed by atoms with E-state index in [2.05, 4.69) is 21.0 Å². The molecule has 0 fully saturated rings. The van der Waals surface area contributed by atoms with Gasteiger partial charge in [-0.2, -0.15) is 5.10 Å². The summed E-state index contributed by atoms with van der Waals surface area (Å²) in [5.74, 6) is 0. The third-order valence-electron chi connectivity index (χ3n) is 3.45. The van der Waals surface area contributed by atoms with Gasteiger partial charge >= 0.3 is 0 Å². The highest BCUT2D eigenvalue weighted by molar-refractivity contribution is 9.10. The minimum absolute atomic E-state index is 0.709. The van der Waals surface area contributed by atoms with Crippen LogP contribution in [0.5, 0.6) is 0 Å². The van der Waals surface area contributed by atoms with Crippen molar-refractivity contribution in [2.75, 3.05) is 0 Å². The van der Waals surface area contributed by atoms with E-state index >= 15 is 0 Å². The molecule has 0 aliphatic carbocycles. The molecule has 1 atom stereocenters. The molecule has 1 aromatic heterocycles. The highest BCUT2D eigenvalue weighted by Gasteiger charge is 2.16. The summed E-state index contributed by atoms with van der Waals surface area (Å²) in [5, 5.41) is 15.0. The lowest BCUT2D eigenvalue weighted by Gasteiger charge is -2.15. The van der Waals surface area contributed by atoms with E-state index in [1.54, 1.807) is 10.9 Å². The number of aliphatic hydroxyl groups is 1. The summed E-state index contributed by atoms with van der Waals surface area (Å²) < 4.78 is 2.80. The van der Waals surface area contributed by atoms with Crippen LogP contribution in [0.2, 0.25) is 0 Å². The molecule has 3 rings (SSSR count). The smallest absolute Gasteiger partial charge is 0.121 e. The first-order valence-electron chi connectivity index (χ1n) is 6.70. The summed E-state index contributed by atoms with van der Waals surface area (Å²) in [6, 6.07) is 17.5. The van der Waals surface area contributed by atoms with Crippen molar-refractivity contribution in [2.45, 2.75) is 13.0 Å². The number of aryl methyl sites for hydroxylation is 1. The predicted octanol–water partition coefficient (Wildman–Crippen LogP) is 4.02. The molecule has 1 unspecified atom stereocenters. The van der Waals surface area contributed by atoms with E-state index in [4.69, 9.17) is 0 Å². The molecule has 0 aliphatic rings. The Balaban J connectivity index is 2.01. The van der Waals surface area contributed by atoms with Crippen molar-refractivity contribution in [1.29, 1.82) is 0 Å². The van der Waals surface area contributed by atoms with Crippen LogP contribution in [0.3, 0.4) is 0 Å². The van der Waals surface area contributed by atoms with E-state index in [0.717, 1.165) is 27.0 Å². The summed E-state index contributed by atoms with van der Waals surface area (Å²) in [7, 11) is 0. The molecule has 3 aromatic rings. The number of nitrogens with zero attached hydrogens (tertiary/aromatic N) is 2. The molecule has 106 valence electrons. The Morgan fingerprint density at radius 2 is 1.86 bits per heavy atom. The largest absolute Gasteiger partial charge is 0.382 e. The molecule has 3 nitrogen and oxygen atoms in total. The second-order valence-corrected chi connectivity index (χ2v) is 5.77. The third-order valence-corrected chi connectivity index (χ3v) is 4.34. The predicted molar refractivity (Wildman–Crippen MR) is 86.5 cm³/mol. The van der Waals surface area contributed by atoms with Gasteiger partial charge in [0, 0.05) is 10.7 Å². The fraction of sp³-hybridized carbons (Fsp3) is 0.118. The molecule has 2 aromatic carbocycles. The van der Waals surface area contributed by atoms with Crippen LogP contribution in [0.4, 0.5) is 0 Å². The zero-order valence-corrected chi connectivity index (χ0v) is 13.2. The summed E-state index contributed by atoms with van der Waals surface area (Å²) in [4.78, 5) is 0. The molecule has 0 amide bonds. The monoisotopic (exact) mass is 342 g/mol. The van der Waals surface area contributed by atoms with Crippen LogP contribution in [0, 0.1) is 6.92 Å². The summed E-state index contributed by atoms with van der Waals surface area (Å²) >= 11 is 3.48. The van der Waals surface area contributed by atoms with Crippen molar-refractivity contribution in [3.63, 3.8) is 0 Å². The Kier molecular flexibility index (Phi) is 3.90. The topological polar surface area (TPSA) is 38.1 Å². The lowest BCUT2D eigenvalue weighted by atomic mass is 10.0. The number of hydrogen-bond donors (Lipinski definition) is 1. The molecule has 0 spiro atoms. The normalized spacial score (nSPS) is 12.3.